The van der Waals surface area contributed by atoms with E-state index in [0.717, 1.165) is 44.8 Å². The number of hydrogen-bond donors (Lipinski definition) is 1. The standard InChI is InChI=1S/C21H24FN3O/c22-18-6-4-17(5-7-18)16-25-9-8-19-20(2-1-3-21(19)25)24-12-10-23(11-13-24)14-15-26/h1-9,26H,10-16H2. The van der Waals surface area contributed by atoms with E-state index in [0.29, 0.717) is 0 Å². The van der Waals surface area contributed by atoms with Crippen molar-refractivity contribution in [1.29, 1.82) is 0 Å². The Morgan fingerprint density at radius 2 is 1.69 bits per heavy atom. The molecule has 0 unspecified atom stereocenters. The summed E-state index contributed by atoms with van der Waals surface area (Å²) in [7, 11) is 0. The number of aliphatic hydroxyl groups excluding tert-OH is 1. The predicted octanol–water partition coefficient (Wildman–Crippen LogP) is 2.94. The first-order valence-electron chi connectivity index (χ1n) is 9.15. The quantitative estimate of drug-likeness (QED) is 0.765. The smallest absolute Gasteiger partial charge is 0.123 e. The number of rotatable bonds is 5. The van der Waals surface area contributed by atoms with Gasteiger partial charge in [0.25, 0.3) is 0 Å². The molecule has 1 fully saturated rings. The second-order valence-electron chi connectivity index (χ2n) is 6.83. The van der Waals surface area contributed by atoms with E-state index in [4.69, 9.17) is 5.11 Å². The number of piperazine rings is 1. The SMILES string of the molecule is OCCN1CCN(c2cccc3c2ccn3Cc2ccc(F)cc2)CC1. The zero-order valence-electron chi connectivity index (χ0n) is 14.8. The summed E-state index contributed by atoms with van der Waals surface area (Å²) in [5.74, 6) is -0.200. The summed E-state index contributed by atoms with van der Waals surface area (Å²) in [6, 6.07) is 15.3. The number of hydrogen-bond acceptors (Lipinski definition) is 3. The van der Waals surface area contributed by atoms with Gasteiger partial charge >= 0.3 is 0 Å². The molecule has 0 aliphatic carbocycles. The van der Waals surface area contributed by atoms with Crippen molar-refractivity contribution in [3.8, 4) is 0 Å². The molecule has 1 saturated heterocycles. The van der Waals surface area contributed by atoms with Crippen LogP contribution in [0.25, 0.3) is 10.9 Å². The molecule has 0 atom stereocenters. The van der Waals surface area contributed by atoms with Crippen LogP contribution in [-0.4, -0.2) is 53.9 Å². The first kappa shape index (κ1) is 17.1. The molecule has 0 radical (unpaired) electrons. The van der Waals surface area contributed by atoms with Crippen molar-refractivity contribution in [3.05, 3.63) is 66.1 Å². The molecule has 0 spiro atoms. The van der Waals surface area contributed by atoms with Crippen LogP contribution in [0.15, 0.2) is 54.7 Å². The van der Waals surface area contributed by atoms with Crippen molar-refractivity contribution in [3.63, 3.8) is 0 Å². The van der Waals surface area contributed by atoms with E-state index < -0.39 is 0 Å². The lowest BCUT2D eigenvalue weighted by Crippen LogP contribution is -2.47. The number of benzene rings is 2. The summed E-state index contributed by atoms with van der Waals surface area (Å²) < 4.78 is 15.3. The fraction of sp³-hybridized carbons (Fsp3) is 0.333. The minimum absolute atomic E-state index is 0.200. The molecule has 2 heterocycles. The maximum Gasteiger partial charge on any atom is 0.123 e. The highest BCUT2D eigenvalue weighted by molar-refractivity contribution is 5.93. The lowest BCUT2D eigenvalue weighted by molar-refractivity contribution is 0.189. The highest BCUT2D eigenvalue weighted by Gasteiger charge is 2.18. The average molecular weight is 353 g/mol. The van der Waals surface area contributed by atoms with Crippen LogP contribution in [0, 0.1) is 5.82 Å². The Morgan fingerprint density at radius 1 is 0.923 bits per heavy atom. The second kappa shape index (κ2) is 7.48. The van der Waals surface area contributed by atoms with Crippen molar-refractivity contribution in [2.45, 2.75) is 6.54 Å². The molecule has 1 N–H and O–H groups in total. The first-order chi connectivity index (χ1) is 12.7. The number of fused-ring (bicyclic) bond motifs is 1. The molecule has 1 aliphatic heterocycles. The highest BCUT2D eigenvalue weighted by atomic mass is 19.1. The van der Waals surface area contributed by atoms with E-state index in [1.165, 1.54) is 28.7 Å². The normalized spacial score (nSPS) is 15.7. The summed E-state index contributed by atoms with van der Waals surface area (Å²) in [4.78, 5) is 4.73. The van der Waals surface area contributed by atoms with Gasteiger partial charge in [0.15, 0.2) is 0 Å². The van der Waals surface area contributed by atoms with Gasteiger partial charge in [-0.15, -0.1) is 0 Å². The Morgan fingerprint density at radius 3 is 2.42 bits per heavy atom. The first-order valence-corrected chi connectivity index (χ1v) is 9.15. The number of β-amino-alcohol motifs (C(OH)–C–C–N with tert-alkyl or cyclic N) is 1. The average Bonchev–Trinajstić information content (AvgIpc) is 3.08. The van der Waals surface area contributed by atoms with E-state index in [2.05, 4.69) is 44.8 Å². The van der Waals surface area contributed by atoms with Crippen LogP contribution in [0.4, 0.5) is 10.1 Å². The molecule has 5 heteroatoms. The van der Waals surface area contributed by atoms with Crippen LogP contribution in [0.1, 0.15) is 5.56 Å². The van der Waals surface area contributed by atoms with Crippen LogP contribution in [-0.2, 0) is 6.54 Å². The van der Waals surface area contributed by atoms with Gasteiger partial charge in [-0.2, -0.15) is 0 Å². The maximum absolute atomic E-state index is 13.1. The third-order valence-corrected chi connectivity index (χ3v) is 5.19. The van der Waals surface area contributed by atoms with Gasteiger partial charge in [0.1, 0.15) is 5.82 Å². The zero-order valence-corrected chi connectivity index (χ0v) is 14.8. The number of anilines is 1. The molecule has 1 aromatic heterocycles. The summed E-state index contributed by atoms with van der Waals surface area (Å²) in [5.41, 5.74) is 3.56. The molecule has 4 rings (SSSR count). The van der Waals surface area contributed by atoms with E-state index in [9.17, 15) is 4.39 Å². The molecule has 0 amide bonds. The molecule has 26 heavy (non-hydrogen) atoms. The van der Waals surface area contributed by atoms with Gasteiger partial charge in [-0.3, -0.25) is 4.90 Å². The lowest BCUT2D eigenvalue weighted by Gasteiger charge is -2.36. The summed E-state index contributed by atoms with van der Waals surface area (Å²) >= 11 is 0. The molecule has 4 nitrogen and oxygen atoms in total. The molecule has 1 aliphatic rings. The van der Waals surface area contributed by atoms with Gasteiger partial charge in [-0.05, 0) is 35.9 Å². The van der Waals surface area contributed by atoms with Crippen molar-refractivity contribution in [2.24, 2.45) is 0 Å². The predicted molar refractivity (Wildman–Crippen MR) is 103 cm³/mol. The molecule has 3 aromatic rings. The summed E-state index contributed by atoms with van der Waals surface area (Å²) in [6.45, 7) is 5.62. The zero-order chi connectivity index (χ0) is 17.9. The van der Waals surface area contributed by atoms with Gasteiger partial charge in [0.2, 0.25) is 0 Å². The molecule has 0 bridgehead atoms. The number of halogens is 1. The van der Waals surface area contributed by atoms with Crippen LogP contribution in [0.2, 0.25) is 0 Å². The Bertz CT molecular complexity index is 867. The van der Waals surface area contributed by atoms with Crippen molar-refractivity contribution in [2.75, 3.05) is 44.2 Å². The third-order valence-electron chi connectivity index (χ3n) is 5.19. The van der Waals surface area contributed by atoms with Crippen LogP contribution < -0.4 is 4.90 Å². The monoisotopic (exact) mass is 353 g/mol. The number of aromatic nitrogens is 1. The fourth-order valence-corrected chi connectivity index (χ4v) is 3.76. The van der Waals surface area contributed by atoms with Gasteiger partial charge < -0.3 is 14.6 Å². The fourth-order valence-electron chi connectivity index (χ4n) is 3.76. The van der Waals surface area contributed by atoms with E-state index >= 15 is 0 Å². The molecule has 2 aromatic carbocycles. The molecular weight excluding hydrogens is 329 g/mol. The van der Waals surface area contributed by atoms with Gasteiger partial charge in [-0.25, -0.2) is 4.39 Å². The Labute approximate surface area is 153 Å². The maximum atomic E-state index is 13.1. The molecule has 0 saturated carbocycles. The van der Waals surface area contributed by atoms with Crippen LogP contribution >= 0.6 is 0 Å². The topological polar surface area (TPSA) is 31.6 Å². The lowest BCUT2D eigenvalue weighted by atomic mass is 10.1. The summed E-state index contributed by atoms with van der Waals surface area (Å²) in [6.07, 6.45) is 2.11. The van der Waals surface area contributed by atoms with E-state index in [-0.39, 0.29) is 12.4 Å². The Balaban J connectivity index is 1.56. The van der Waals surface area contributed by atoms with Gasteiger partial charge in [0, 0.05) is 56.5 Å². The largest absolute Gasteiger partial charge is 0.395 e. The molecular formula is C21H24FN3O. The minimum Gasteiger partial charge on any atom is -0.395 e. The number of nitrogens with zero attached hydrogens (tertiary/aromatic N) is 3. The molecule has 136 valence electrons. The van der Waals surface area contributed by atoms with Crippen molar-refractivity contribution >= 4 is 16.6 Å². The highest BCUT2D eigenvalue weighted by Crippen LogP contribution is 2.29. The van der Waals surface area contributed by atoms with Crippen LogP contribution in [0.5, 0.6) is 0 Å². The van der Waals surface area contributed by atoms with Crippen LogP contribution in [0.3, 0.4) is 0 Å². The third kappa shape index (κ3) is 3.45. The van der Waals surface area contributed by atoms with Crippen molar-refractivity contribution < 1.29 is 9.50 Å². The minimum atomic E-state index is -0.200. The van der Waals surface area contributed by atoms with Gasteiger partial charge in [-0.1, -0.05) is 18.2 Å². The van der Waals surface area contributed by atoms with Gasteiger partial charge in [0.05, 0.1) is 12.1 Å². The van der Waals surface area contributed by atoms with E-state index in [1.54, 1.807) is 0 Å². The van der Waals surface area contributed by atoms with Crippen molar-refractivity contribution in [1.82, 2.24) is 9.47 Å². The second-order valence-corrected chi connectivity index (χ2v) is 6.83. The Kier molecular flexibility index (Phi) is 4.91. The van der Waals surface area contributed by atoms with E-state index in [1.807, 2.05) is 12.1 Å². The summed E-state index contributed by atoms with van der Waals surface area (Å²) in [5, 5.41) is 10.4. The number of aliphatic hydroxyl groups is 1. The Hall–Kier alpha value is -2.37.